The topological polar surface area (TPSA) is 54.0 Å². The molecule has 2 N–H and O–H groups in total. The van der Waals surface area contributed by atoms with Crippen LogP contribution < -0.4 is 10.6 Å². The van der Waals surface area contributed by atoms with Crippen molar-refractivity contribution in [3.63, 3.8) is 0 Å². The van der Waals surface area contributed by atoms with Gasteiger partial charge >= 0.3 is 0 Å². The molecule has 1 amide bonds. The van der Waals surface area contributed by atoms with Crippen molar-refractivity contribution < 1.29 is 4.79 Å². The van der Waals surface area contributed by atoms with E-state index in [1.807, 2.05) is 30.3 Å². The Morgan fingerprint density at radius 1 is 1.19 bits per heavy atom. The van der Waals surface area contributed by atoms with Gasteiger partial charge in [0, 0.05) is 23.7 Å². The van der Waals surface area contributed by atoms with Crippen LogP contribution in [-0.2, 0) is 0 Å². The number of piperidine rings is 1. The van der Waals surface area contributed by atoms with E-state index in [0.29, 0.717) is 23.7 Å². The summed E-state index contributed by atoms with van der Waals surface area (Å²) in [5.74, 6) is 0.557. The van der Waals surface area contributed by atoms with E-state index in [2.05, 4.69) is 15.6 Å². The van der Waals surface area contributed by atoms with Crippen molar-refractivity contribution in [3.05, 3.63) is 42.2 Å². The second-order valence-electron chi connectivity index (χ2n) is 6.09. The Kier molecular flexibility index (Phi) is 3.11. The number of pyridine rings is 1. The van der Waals surface area contributed by atoms with Crippen LogP contribution in [0.25, 0.3) is 10.8 Å². The molecule has 2 fully saturated rings. The predicted molar refractivity (Wildman–Crippen MR) is 82.1 cm³/mol. The minimum Gasteiger partial charge on any atom is -0.348 e. The van der Waals surface area contributed by atoms with Gasteiger partial charge < -0.3 is 10.6 Å². The molecule has 4 nitrogen and oxygen atoms in total. The van der Waals surface area contributed by atoms with Crippen molar-refractivity contribution in [1.29, 1.82) is 0 Å². The fraction of sp³-hybridized carbons (Fsp3) is 0.412. The van der Waals surface area contributed by atoms with Crippen molar-refractivity contribution in [2.75, 3.05) is 6.54 Å². The van der Waals surface area contributed by atoms with Crippen LogP contribution in [-0.4, -0.2) is 29.5 Å². The largest absolute Gasteiger partial charge is 0.348 e. The standard InChI is InChI=1S/C17H19N3O/c21-17(20-15-7-8-18-14-6-5-13(14)15)16-9-11-3-1-2-4-12(11)10-19-16/h1-4,9-10,13-15,18H,5-8H2,(H,20,21)/t13?,14?,15-/m1/s1. The van der Waals surface area contributed by atoms with E-state index < -0.39 is 0 Å². The van der Waals surface area contributed by atoms with Gasteiger partial charge in [-0.25, -0.2) is 0 Å². The number of fused-ring (bicyclic) bond motifs is 2. The summed E-state index contributed by atoms with van der Waals surface area (Å²) in [7, 11) is 0. The lowest BCUT2D eigenvalue weighted by Gasteiger charge is -2.46. The van der Waals surface area contributed by atoms with Crippen molar-refractivity contribution in [2.24, 2.45) is 5.92 Å². The molecule has 4 heteroatoms. The number of aromatic nitrogens is 1. The molecule has 1 saturated carbocycles. The first-order chi connectivity index (χ1) is 10.3. The fourth-order valence-corrected chi connectivity index (χ4v) is 3.53. The van der Waals surface area contributed by atoms with Crippen LogP contribution in [0.4, 0.5) is 0 Å². The molecule has 2 heterocycles. The highest BCUT2D eigenvalue weighted by molar-refractivity contribution is 5.96. The average Bonchev–Trinajstić information content (AvgIpc) is 2.48. The summed E-state index contributed by atoms with van der Waals surface area (Å²) < 4.78 is 0. The zero-order valence-corrected chi connectivity index (χ0v) is 11.9. The van der Waals surface area contributed by atoms with Crippen molar-refractivity contribution in [3.8, 4) is 0 Å². The first-order valence-electron chi connectivity index (χ1n) is 7.70. The molecule has 2 aliphatic rings. The number of rotatable bonds is 2. The molecular weight excluding hydrogens is 262 g/mol. The first kappa shape index (κ1) is 12.8. The number of nitrogens with one attached hydrogen (secondary N) is 2. The lowest BCUT2D eigenvalue weighted by atomic mass is 9.71. The molecule has 1 saturated heterocycles. The Bertz CT molecular complexity index is 685. The van der Waals surface area contributed by atoms with Crippen LogP contribution >= 0.6 is 0 Å². The van der Waals surface area contributed by atoms with E-state index in [4.69, 9.17) is 0 Å². The summed E-state index contributed by atoms with van der Waals surface area (Å²) in [5.41, 5.74) is 0.517. The summed E-state index contributed by atoms with van der Waals surface area (Å²) >= 11 is 0. The highest BCUT2D eigenvalue weighted by Crippen LogP contribution is 2.34. The van der Waals surface area contributed by atoms with E-state index >= 15 is 0 Å². The van der Waals surface area contributed by atoms with Gasteiger partial charge in [0.1, 0.15) is 5.69 Å². The van der Waals surface area contributed by atoms with Crippen molar-refractivity contribution >= 4 is 16.7 Å². The van der Waals surface area contributed by atoms with Gasteiger partial charge in [0.25, 0.3) is 5.91 Å². The van der Waals surface area contributed by atoms with E-state index in [9.17, 15) is 4.79 Å². The van der Waals surface area contributed by atoms with E-state index in [-0.39, 0.29) is 5.91 Å². The highest BCUT2D eigenvalue weighted by atomic mass is 16.1. The Balaban J connectivity index is 1.53. The van der Waals surface area contributed by atoms with E-state index in [0.717, 1.165) is 23.7 Å². The van der Waals surface area contributed by atoms with Crippen LogP contribution in [0.1, 0.15) is 29.8 Å². The molecule has 1 aliphatic heterocycles. The first-order valence-corrected chi connectivity index (χ1v) is 7.70. The van der Waals surface area contributed by atoms with Gasteiger partial charge in [0.05, 0.1) is 0 Å². The molecule has 2 unspecified atom stereocenters. The van der Waals surface area contributed by atoms with E-state index in [1.165, 1.54) is 12.8 Å². The van der Waals surface area contributed by atoms with Crippen molar-refractivity contribution in [2.45, 2.75) is 31.3 Å². The van der Waals surface area contributed by atoms with Crippen LogP contribution in [0.15, 0.2) is 36.5 Å². The SMILES string of the molecule is O=C(N[C@@H]1CCNC2CCC21)c1cc2ccccc2cn1. The average molecular weight is 281 g/mol. The third kappa shape index (κ3) is 2.29. The Morgan fingerprint density at radius 2 is 2.05 bits per heavy atom. The van der Waals surface area contributed by atoms with Gasteiger partial charge in [-0.05, 0) is 43.2 Å². The fourth-order valence-electron chi connectivity index (χ4n) is 3.53. The molecule has 4 rings (SSSR count). The Hall–Kier alpha value is -1.94. The number of hydrogen-bond acceptors (Lipinski definition) is 3. The number of amides is 1. The van der Waals surface area contributed by atoms with Gasteiger partial charge in [-0.3, -0.25) is 9.78 Å². The molecule has 0 bridgehead atoms. The summed E-state index contributed by atoms with van der Waals surface area (Å²) in [6.07, 6.45) is 5.25. The summed E-state index contributed by atoms with van der Waals surface area (Å²) in [6.45, 7) is 0.997. The zero-order valence-electron chi connectivity index (χ0n) is 11.9. The predicted octanol–water partition coefficient (Wildman–Crippen LogP) is 2.11. The molecular formula is C17H19N3O. The van der Waals surface area contributed by atoms with Crippen LogP contribution in [0.5, 0.6) is 0 Å². The number of nitrogens with zero attached hydrogens (tertiary/aromatic N) is 1. The number of benzene rings is 1. The molecule has 2 aromatic rings. The van der Waals surface area contributed by atoms with Crippen LogP contribution in [0.3, 0.4) is 0 Å². The maximum Gasteiger partial charge on any atom is 0.270 e. The lowest BCUT2D eigenvalue weighted by Crippen LogP contribution is -2.59. The maximum absolute atomic E-state index is 12.4. The van der Waals surface area contributed by atoms with Gasteiger partial charge in [0.15, 0.2) is 0 Å². The number of hydrogen-bond donors (Lipinski definition) is 2. The minimum atomic E-state index is -0.0432. The molecule has 108 valence electrons. The smallest absolute Gasteiger partial charge is 0.270 e. The van der Waals surface area contributed by atoms with Gasteiger partial charge in [-0.2, -0.15) is 0 Å². The van der Waals surface area contributed by atoms with Crippen molar-refractivity contribution in [1.82, 2.24) is 15.6 Å². The lowest BCUT2D eigenvalue weighted by molar-refractivity contribution is 0.0794. The molecule has 0 radical (unpaired) electrons. The quantitative estimate of drug-likeness (QED) is 0.886. The summed E-state index contributed by atoms with van der Waals surface area (Å²) in [5, 5.41) is 8.83. The van der Waals surface area contributed by atoms with Crippen LogP contribution in [0, 0.1) is 5.92 Å². The van der Waals surface area contributed by atoms with Crippen LogP contribution in [0.2, 0.25) is 0 Å². The maximum atomic E-state index is 12.4. The Labute approximate surface area is 124 Å². The van der Waals surface area contributed by atoms with Gasteiger partial charge in [-0.15, -0.1) is 0 Å². The number of carbonyl (C=O) groups excluding carboxylic acids is 1. The second kappa shape index (κ2) is 5.11. The monoisotopic (exact) mass is 281 g/mol. The molecule has 3 atom stereocenters. The highest BCUT2D eigenvalue weighted by Gasteiger charge is 2.40. The third-order valence-corrected chi connectivity index (χ3v) is 4.89. The minimum absolute atomic E-state index is 0.0432. The zero-order chi connectivity index (χ0) is 14.2. The third-order valence-electron chi connectivity index (χ3n) is 4.89. The molecule has 1 aromatic carbocycles. The summed E-state index contributed by atoms with van der Waals surface area (Å²) in [6, 6.07) is 10.8. The summed E-state index contributed by atoms with van der Waals surface area (Å²) in [4.78, 5) is 16.7. The Morgan fingerprint density at radius 3 is 2.86 bits per heavy atom. The molecule has 0 spiro atoms. The molecule has 21 heavy (non-hydrogen) atoms. The molecule has 1 aliphatic carbocycles. The van der Waals surface area contributed by atoms with Gasteiger partial charge in [0.2, 0.25) is 0 Å². The van der Waals surface area contributed by atoms with Gasteiger partial charge in [-0.1, -0.05) is 24.3 Å². The molecule has 1 aromatic heterocycles. The van der Waals surface area contributed by atoms with E-state index in [1.54, 1.807) is 6.20 Å². The second-order valence-corrected chi connectivity index (χ2v) is 6.09. The normalized spacial score (nSPS) is 27.7. The number of carbonyl (C=O) groups is 1.